The molecule has 4 aliphatic carbocycles. The average Bonchev–Trinajstić information content (AvgIpc) is 3.28. The second-order valence-electron chi connectivity index (χ2n) is 9.87. The van der Waals surface area contributed by atoms with Crippen molar-refractivity contribution in [2.75, 3.05) is 0 Å². The number of fused-ring (bicyclic) bond motifs is 2. The van der Waals surface area contributed by atoms with Gasteiger partial charge in [-0.2, -0.15) is 0 Å². The number of benzene rings is 2. The molecule has 0 heterocycles. The van der Waals surface area contributed by atoms with Gasteiger partial charge in [-0.1, -0.05) is 72.4 Å². The third-order valence-electron chi connectivity index (χ3n) is 7.28. The number of hydrogen-bond donors (Lipinski definition) is 0. The molecule has 0 amide bonds. The lowest BCUT2D eigenvalue weighted by Gasteiger charge is -2.11. The smallest absolute Gasteiger partial charge is 0.258 e. The van der Waals surface area contributed by atoms with E-state index in [2.05, 4.69) is 0 Å². The van der Waals surface area contributed by atoms with Gasteiger partial charge in [0.05, 0.1) is 43.0 Å². The van der Waals surface area contributed by atoms with Crippen LogP contribution in [0.3, 0.4) is 0 Å². The molecule has 0 N–H and O–H groups in total. The summed E-state index contributed by atoms with van der Waals surface area (Å²) in [6.07, 6.45) is 0. The van der Waals surface area contributed by atoms with Gasteiger partial charge >= 0.3 is 0 Å². The Kier molecular flexibility index (Phi) is 7.36. The van der Waals surface area contributed by atoms with E-state index in [1.807, 2.05) is 60.7 Å². The fourth-order valence-corrected chi connectivity index (χ4v) is 6.62. The molecule has 0 fully saturated rings. The Morgan fingerprint density at radius 1 is 0.400 bits per heavy atom. The molecule has 0 atom stereocenters. The van der Waals surface area contributed by atoms with Gasteiger partial charge in [-0.05, 0) is 46.5 Å². The van der Waals surface area contributed by atoms with Crippen LogP contribution in [0, 0.1) is 40.5 Å². The highest BCUT2D eigenvalue weighted by Crippen LogP contribution is 2.54. The predicted molar refractivity (Wildman–Crippen MR) is 168 cm³/mol. The highest BCUT2D eigenvalue weighted by molar-refractivity contribution is 8.00. The normalized spacial score (nSPS) is 11.0. The van der Waals surface area contributed by atoms with E-state index in [0.29, 0.717) is 20.9 Å². The third kappa shape index (κ3) is 5.28. The van der Waals surface area contributed by atoms with E-state index in [1.54, 1.807) is 12.1 Å². The maximum Gasteiger partial charge on any atom is 0.284 e. The monoisotopic (exact) mass is 618 g/mol. The van der Waals surface area contributed by atoms with Crippen LogP contribution in [-0.4, -0.2) is 19.7 Å². The van der Waals surface area contributed by atoms with Crippen LogP contribution in [0.15, 0.2) is 119 Å². The standard InChI is InChI=1S/C32H18N4O8S/c37-33(38)21-11-13-25(29(17-21)35(41)42)27-15-19-7-3-1-5-9-23(19)31(27)45-32-24-10-6-2-4-8-20(24)16-28(32)26-14-12-22(34(39)40)18-30(26)36(43)44/h1-18H. The van der Waals surface area contributed by atoms with Crippen LogP contribution in [0.1, 0.15) is 0 Å². The van der Waals surface area contributed by atoms with Crippen LogP contribution in [-0.2, 0) is 0 Å². The fourth-order valence-electron chi connectivity index (χ4n) is 5.27. The molecule has 0 saturated heterocycles. The van der Waals surface area contributed by atoms with E-state index in [9.17, 15) is 40.5 Å². The zero-order chi connectivity index (χ0) is 31.8. The second-order valence-corrected chi connectivity index (χ2v) is 10.9. The van der Waals surface area contributed by atoms with Crippen LogP contribution < -0.4 is 0 Å². The molecule has 0 bridgehead atoms. The van der Waals surface area contributed by atoms with E-state index < -0.39 is 42.4 Å². The number of nitro groups is 4. The van der Waals surface area contributed by atoms with Gasteiger partial charge in [-0.25, -0.2) is 0 Å². The summed E-state index contributed by atoms with van der Waals surface area (Å²) in [5, 5.41) is 47.2. The summed E-state index contributed by atoms with van der Waals surface area (Å²) >= 11 is 1.24. The van der Waals surface area contributed by atoms with Crippen LogP contribution >= 0.6 is 11.8 Å². The van der Waals surface area contributed by atoms with Crippen molar-refractivity contribution < 1.29 is 19.7 Å². The Hall–Kier alpha value is -6.21. The van der Waals surface area contributed by atoms with Gasteiger partial charge in [-0.3, -0.25) is 40.5 Å². The Morgan fingerprint density at radius 3 is 1.18 bits per heavy atom. The van der Waals surface area contributed by atoms with Crippen molar-refractivity contribution in [3.63, 3.8) is 0 Å². The lowest BCUT2D eigenvalue weighted by molar-refractivity contribution is -0.394. The van der Waals surface area contributed by atoms with E-state index in [1.165, 1.54) is 36.0 Å². The molecule has 6 rings (SSSR count). The van der Waals surface area contributed by atoms with E-state index in [-0.39, 0.29) is 11.1 Å². The van der Waals surface area contributed by atoms with Gasteiger partial charge in [0.2, 0.25) is 0 Å². The van der Waals surface area contributed by atoms with Crippen molar-refractivity contribution in [3.05, 3.63) is 150 Å². The zero-order valence-corrected chi connectivity index (χ0v) is 23.7. The minimum atomic E-state index is -0.701. The molecule has 12 nitrogen and oxygen atoms in total. The van der Waals surface area contributed by atoms with Gasteiger partial charge < -0.3 is 0 Å². The Balaban J connectivity index is 1.64. The van der Waals surface area contributed by atoms with Crippen molar-refractivity contribution >= 4 is 34.5 Å². The van der Waals surface area contributed by atoms with Gasteiger partial charge in [0.25, 0.3) is 22.7 Å². The highest BCUT2D eigenvalue weighted by atomic mass is 32.2. The highest BCUT2D eigenvalue weighted by Gasteiger charge is 2.30. The fraction of sp³-hybridized carbons (Fsp3) is 0. The SMILES string of the molecule is O=[N+]([O-])c1ccc(-c2cc3cccccc-3c2Sc2c3cccccc-3cc2-c2ccc([N+](=O)[O-])cc2[N+](=O)[O-])c([N+](=O)[O-])c1. The molecule has 2 aromatic rings. The minimum Gasteiger partial charge on any atom is -0.258 e. The minimum absolute atomic E-state index is 0.163. The number of rotatable bonds is 8. The quantitative estimate of drug-likeness (QED) is 0.119. The van der Waals surface area contributed by atoms with Crippen molar-refractivity contribution in [2.45, 2.75) is 9.79 Å². The van der Waals surface area contributed by atoms with Crippen LogP contribution in [0.2, 0.25) is 0 Å². The van der Waals surface area contributed by atoms with Gasteiger partial charge in [0.1, 0.15) is 0 Å². The molecule has 0 radical (unpaired) electrons. The van der Waals surface area contributed by atoms with Crippen LogP contribution in [0.4, 0.5) is 22.7 Å². The van der Waals surface area contributed by atoms with Gasteiger partial charge in [-0.15, -0.1) is 0 Å². The molecule has 0 spiro atoms. The van der Waals surface area contributed by atoms with E-state index in [4.69, 9.17) is 0 Å². The summed E-state index contributed by atoms with van der Waals surface area (Å²) < 4.78 is 0. The topological polar surface area (TPSA) is 173 Å². The molecule has 2 aromatic carbocycles. The number of nitro benzene ring substituents is 4. The van der Waals surface area contributed by atoms with Gasteiger partial charge in [0.15, 0.2) is 0 Å². The first-order valence-corrected chi connectivity index (χ1v) is 14.0. The van der Waals surface area contributed by atoms with Gasteiger partial charge in [0, 0.05) is 33.1 Å². The molecule has 0 aliphatic heterocycles. The summed E-state index contributed by atoms with van der Waals surface area (Å²) in [5.74, 6) is 0. The van der Waals surface area contributed by atoms with Crippen molar-refractivity contribution in [3.8, 4) is 44.5 Å². The first-order chi connectivity index (χ1) is 21.6. The van der Waals surface area contributed by atoms with Crippen LogP contribution in [0.5, 0.6) is 0 Å². The molecule has 4 aliphatic rings. The lowest BCUT2D eigenvalue weighted by Crippen LogP contribution is -1.96. The largest absolute Gasteiger partial charge is 0.284 e. The van der Waals surface area contributed by atoms with Crippen molar-refractivity contribution in [1.29, 1.82) is 0 Å². The molecule has 0 saturated carbocycles. The maximum absolute atomic E-state index is 12.2. The summed E-state index contributed by atoms with van der Waals surface area (Å²) in [4.78, 5) is 45.6. The molecule has 0 unspecified atom stereocenters. The van der Waals surface area contributed by atoms with Crippen molar-refractivity contribution in [1.82, 2.24) is 0 Å². The molecular formula is C32H18N4O8S. The first kappa shape index (κ1) is 28.9. The Morgan fingerprint density at radius 2 is 0.800 bits per heavy atom. The lowest BCUT2D eigenvalue weighted by atomic mass is 10.1. The summed E-state index contributed by atoms with van der Waals surface area (Å²) in [5.41, 5.74) is 2.41. The third-order valence-corrected chi connectivity index (χ3v) is 8.57. The number of nitrogens with zero attached hydrogens (tertiary/aromatic N) is 4. The second kappa shape index (κ2) is 11.5. The van der Waals surface area contributed by atoms with E-state index >= 15 is 0 Å². The number of hydrogen-bond acceptors (Lipinski definition) is 9. The van der Waals surface area contributed by atoms with Crippen molar-refractivity contribution in [2.24, 2.45) is 0 Å². The Bertz CT molecular complexity index is 1980. The van der Waals surface area contributed by atoms with E-state index in [0.717, 1.165) is 34.4 Å². The summed E-state index contributed by atoms with van der Waals surface area (Å²) in [6, 6.07) is 28.8. The predicted octanol–water partition coefficient (Wildman–Crippen LogP) is 9.01. The number of non-ortho nitro benzene ring substituents is 2. The summed E-state index contributed by atoms with van der Waals surface area (Å²) in [7, 11) is 0. The molecule has 45 heavy (non-hydrogen) atoms. The Labute approximate surface area is 257 Å². The molecule has 13 heteroatoms. The average molecular weight is 619 g/mol. The maximum atomic E-state index is 12.2. The first-order valence-electron chi connectivity index (χ1n) is 13.2. The molecule has 220 valence electrons. The zero-order valence-electron chi connectivity index (χ0n) is 22.9. The molecular weight excluding hydrogens is 600 g/mol. The molecule has 0 aromatic heterocycles. The summed E-state index contributed by atoms with van der Waals surface area (Å²) in [6.45, 7) is 0. The van der Waals surface area contributed by atoms with Crippen LogP contribution in [0.25, 0.3) is 44.5 Å².